The molecule has 4 nitrogen and oxygen atoms in total. The summed E-state index contributed by atoms with van der Waals surface area (Å²) in [5.74, 6) is 0.699. The van der Waals surface area contributed by atoms with Gasteiger partial charge in [-0.05, 0) is 26.4 Å². The van der Waals surface area contributed by atoms with E-state index in [0.717, 1.165) is 42.6 Å². The Kier molecular flexibility index (Phi) is 6.12. The number of hydrogen-bond donors (Lipinski definition) is 1. The Morgan fingerprint density at radius 3 is 2.61 bits per heavy atom. The van der Waals surface area contributed by atoms with Gasteiger partial charge in [0.1, 0.15) is 0 Å². The smallest absolute Gasteiger partial charge is 0.0860 e. The number of hydrogen-bond acceptors (Lipinski definition) is 3. The molecule has 0 fully saturated rings. The summed E-state index contributed by atoms with van der Waals surface area (Å²) in [5.41, 5.74) is 1.99. The van der Waals surface area contributed by atoms with Crippen LogP contribution in [0.25, 0.3) is 0 Å². The van der Waals surface area contributed by atoms with Crippen molar-refractivity contribution < 1.29 is 0 Å². The predicted octanol–water partition coefficient (Wildman–Crippen LogP) is 2.06. The summed E-state index contributed by atoms with van der Waals surface area (Å²) in [4.78, 5) is 2.26. The molecule has 0 aliphatic rings. The highest BCUT2D eigenvalue weighted by Gasteiger charge is 2.12. The summed E-state index contributed by atoms with van der Waals surface area (Å²) < 4.78 is 1.87. The van der Waals surface area contributed by atoms with E-state index in [9.17, 15) is 0 Å². The molecule has 0 aliphatic heterocycles. The van der Waals surface area contributed by atoms with Gasteiger partial charge in [-0.1, -0.05) is 25.4 Å². The maximum atomic E-state index is 6.24. The fraction of sp³-hybridized carbons (Fsp3) is 0.769. The third-order valence-corrected chi connectivity index (χ3v) is 3.40. The SMILES string of the molecule is Cc1nn(C)c(CN(C)CCNCC(C)C)c1Cl. The Morgan fingerprint density at radius 1 is 1.44 bits per heavy atom. The van der Waals surface area contributed by atoms with Gasteiger partial charge in [0.15, 0.2) is 0 Å². The maximum absolute atomic E-state index is 6.24. The molecule has 1 aromatic rings. The molecule has 0 aliphatic carbocycles. The molecule has 18 heavy (non-hydrogen) atoms. The average Bonchev–Trinajstić information content (AvgIpc) is 2.51. The summed E-state index contributed by atoms with van der Waals surface area (Å²) in [6.07, 6.45) is 0. The molecule has 104 valence electrons. The van der Waals surface area contributed by atoms with Crippen LogP contribution in [0.15, 0.2) is 0 Å². The summed E-state index contributed by atoms with van der Waals surface area (Å²) in [6.45, 7) is 10.3. The van der Waals surface area contributed by atoms with Gasteiger partial charge < -0.3 is 5.32 Å². The van der Waals surface area contributed by atoms with Gasteiger partial charge >= 0.3 is 0 Å². The first kappa shape index (κ1) is 15.5. The molecule has 0 bridgehead atoms. The van der Waals surface area contributed by atoms with E-state index in [1.54, 1.807) is 0 Å². The molecule has 1 aromatic heterocycles. The van der Waals surface area contributed by atoms with Crippen LogP contribution in [0.2, 0.25) is 5.02 Å². The van der Waals surface area contributed by atoms with Crippen LogP contribution in [0.5, 0.6) is 0 Å². The van der Waals surface area contributed by atoms with Crippen LogP contribution in [0.1, 0.15) is 25.2 Å². The van der Waals surface area contributed by atoms with E-state index in [-0.39, 0.29) is 0 Å². The minimum Gasteiger partial charge on any atom is -0.315 e. The molecule has 5 heteroatoms. The van der Waals surface area contributed by atoms with E-state index >= 15 is 0 Å². The molecule has 1 rings (SSSR count). The first-order valence-corrected chi connectivity index (χ1v) is 6.86. The van der Waals surface area contributed by atoms with Crippen LogP contribution in [0, 0.1) is 12.8 Å². The van der Waals surface area contributed by atoms with Gasteiger partial charge in [-0.15, -0.1) is 0 Å². The number of likely N-dealkylation sites (N-methyl/N-ethyl adjacent to an activating group) is 1. The van der Waals surface area contributed by atoms with Crippen LogP contribution >= 0.6 is 11.6 Å². The fourth-order valence-electron chi connectivity index (χ4n) is 1.85. The van der Waals surface area contributed by atoms with E-state index in [1.807, 2.05) is 18.7 Å². The number of nitrogens with zero attached hydrogens (tertiary/aromatic N) is 3. The highest BCUT2D eigenvalue weighted by Crippen LogP contribution is 2.20. The molecule has 0 saturated heterocycles. The van der Waals surface area contributed by atoms with Crippen molar-refractivity contribution in [1.82, 2.24) is 20.0 Å². The molecule has 0 unspecified atom stereocenters. The first-order valence-electron chi connectivity index (χ1n) is 6.49. The molecule has 0 radical (unpaired) electrons. The van der Waals surface area contributed by atoms with Crippen molar-refractivity contribution >= 4 is 11.6 Å². The summed E-state index contributed by atoms with van der Waals surface area (Å²) in [7, 11) is 4.05. The van der Waals surface area contributed by atoms with Gasteiger partial charge in [0.25, 0.3) is 0 Å². The molecule has 0 atom stereocenters. The van der Waals surface area contributed by atoms with Crippen molar-refractivity contribution in [1.29, 1.82) is 0 Å². The maximum Gasteiger partial charge on any atom is 0.0860 e. The van der Waals surface area contributed by atoms with Crippen LogP contribution < -0.4 is 5.32 Å². The van der Waals surface area contributed by atoms with Crippen LogP contribution in [0.4, 0.5) is 0 Å². The van der Waals surface area contributed by atoms with Gasteiger partial charge in [-0.25, -0.2) is 0 Å². The lowest BCUT2D eigenvalue weighted by Gasteiger charge is -2.17. The Labute approximate surface area is 115 Å². The fourth-order valence-corrected chi connectivity index (χ4v) is 2.07. The highest BCUT2D eigenvalue weighted by molar-refractivity contribution is 6.31. The number of rotatable bonds is 7. The Balaban J connectivity index is 2.38. The zero-order valence-electron chi connectivity index (χ0n) is 12.1. The van der Waals surface area contributed by atoms with Crippen molar-refractivity contribution in [2.24, 2.45) is 13.0 Å². The van der Waals surface area contributed by atoms with E-state index in [0.29, 0.717) is 5.92 Å². The largest absolute Gasteiger partial charge is 0.315 e. The Hall–Kier alpha value is -0.580. The second-order valence-corrected chi connectivity index (χ2v) is 5.68. The summed E-state index contributed by atoms with van der Waals surface area (Å²) in [5, 5.41) is 8.56. The van der Waals surface area contributed by atoms with Crippen LogP contribution in [-0.4, -0.2) is 41.4 Å². The topological polar surface area (TPSA) is 33.1 Å². The molecular formula is C13H25ClN4. The zero-order chi connectivity index (χ0) is 13.7. The van der Waals surface area contributed by atoms with E-state index in [1.165, 1.54) is 0 Å². The summed E-state index contributed by atoms with van der Waals surface area (Å²) in [6, 6.07) is 0. The summed E-state index contributed by atoms with van der Waals surface area (Å²) >= 11 is 6.24. The Bertz CT molecular complexity index is 373. The van der Waals surface area contributed by atoms with E-state index < -0.39 is 0 Å². The second-order valence-electron chi connectivity index (χ2n) is 5.31. The van der Waals surface area contributed by atoms with Crippen molar-refractivity contribution in [3.8, 4) is 0 Å². The number of halogens is 1. The van der Waals surface area contributed by atoms with Crippen LogP contribution in [0.3, 0.4) is 0 Å². The first-order chi connectivity index (χ1) is 8.41. The van der Waals surface area contributed by atoms with Gasteiger partial charge in [-0.2, -0.15) is 5.10 Å². The van der Waals surface area contributed by atoms with Crippen molar-refractivity contribution in [3.05, 3.63) is 16.4 Å². The van der Waals surface area contributed by atoms with Gasteiger partial charge in [0.2, 0.25) is 0 Å². The molecule has 0 spiro atoms. The van der Waals surface area contributed by atoms with E-state index in [4.69, 9.17) is 11.6 Å². The van der Waals surface area contributed by atoms with Gasteiger partial charge in [0, 0.05) is 26.7 Å². The van der Waals surface area contributed by atoms with Crippen LogP contribution in [-0.2, 0) is 13.6 Å². The van der Waals surface area contributed by atoms with Gasteiger partial charge in [-0.3, -0.25) is 9.58 Å². The minimum atomic E-state index is 0.699. The number of nitrogens with one attached hydrogen (secondary N) is 1. The molecule has 0 saturated carbocycles. The Morgan fingerprint density at radius 2 is 2.11 bits per heavy atom. The van der Waals surface area contributed by atoms with Crippen molar-refractivity contribution in [2.75, 3.05) is 26.7 Å². The zero-order valence-corrected chi connectivity index (χ0v) is 12.9. The predicted molar refractivity (Wildman–Crippen MR) is 77.0 cm³/mol. The normalized spacial score (nSPS) is 11.8. The lowest BCUT2D eigenvalue weighted by molar-refractivity contribution is 0.313. The quantitative estimate of drug-likeness (QED) is 0.772. The van der Waals surface area contributed by atoms with Gasteiger partial charge in [0.05, 0.1) is 16.4 Å². The van der Waals surface area contributed by atoms with Crippen molar-refractivity contribution in [2.45, 2.75) is 27.3 Å². The second kappa shape index (κ2) is 7.12. The van der Waals surface area contributed by atoms with Crippen molar-refractivity contribution in [3.63, 3.8) is 0 Å². The number of aryl methyl sites for hydroxylation is 2. The molecule has 1 heterocycles. The lowest BCUT2D eigenvalue weighted by atomic mass is 10.2. The average molecular weight is 273 g/mol. The molecule has 1 N–H and O–H groups in total. The lowest BCUT2D eigenvalue weighted by Crippen LogP contribution is -2.31. The third kappa shape index (κ3) is 4.59. The molecular weight excluding hydrogens is 248 g/mol. The molecule has 0 aromatic carbocycles. The number of aromatic nitrogens is 2. The third-order valence-electron chi connectivity index (χ3n) is 2.90. The standard InChI is InChI=1S/C13H25ClN4/c1-10(2)8-15-6-7-17(4)9-12-13(14)11(3)16-18(12)5/h10,15H,6-9H2,1-5H3. The minimum absolute atomic E-state index is 0.699. The van der Waals surface area contributed by atoms with E-state index in [2.05, 4.69) is 36.2 Å². The molecule has 0 amide bonds. The highest BCUT2D eigenvalue weighted by atomic mass is 35.5. The monoisotopic (exact) mass is 272 g/mol.